The van der Waals surface area contributed by atoms with E-state index in [-0.39, 0.29) is 11.7 Å². The van der Waals surface area contributed by atoms with Gasteiger partial charge in [-0.2, -0.15) is 5.10 Å². The fraction of sp³-hybridized carbons (Fsp3) is 0.190. The van der Waals surface area contributed by atoms with Crippen molar-refractivity contribution in [2.45, 2.75) is 17.7 Å². The van der Waals surface area contributed by atoms with E-state index in [4.69, 9.17) is 16.3 Å². The molecule has 2 aromatic carbocycles. The topological polar surface area (TPSA) is 63.6 Å². The summed E-state index contributed by atoms with van der Waals surface area (Å²) in [6.07, 6.45) is 2.50. The number of halogens is 2. The summed E-state index contributed by atoms with van der Waals surface area (Å²) >= 11 is 12.2. The lowest BCUT2D eigenvalue weighted by Crippen LogP contribution is -2.19. The van der Waals surface area contributed by atoms with E-state index in [1.807, 2.05) is 54.8 Å². The molecule has 1 amide bonds. The smallest absolute Gasteiger partial charge is 0.250 e. The third-order valence-electron chi connectivity index (χ3n) is 3.78. The van der Waals surface area contributed by atoms with Gasteiger partial charge < -0.3 is 4.74 Å². The summed E-state index contributed by atoms with van der Waals surface area (Å²) < 4.78 is 7.44. The van der Waals surface area contributed by atoms with Crippen molar-refractivity contribution in [3.8, 4) is 17.0 Å². The molecular weight excluding hydrogens is 506 g/mol. The summed E-state index contributed by atoms with van der Waals surface area (Å²) in [4.78, 5) is 16.7. The van der Waals surface area contributed by atoms with Crippen LogP contribution in [0.5, 0.6) is 5.75 Å². The van der Waals surface area contributed by atoms with Crippen molar-refractivity contribution in [1.29, 1.82) is 0 Å². The van der Waals surface area contributed by atoms with Crippen LogP contribution < -0.4 is 10.2 Å². The molecule has 1 heterocycles. The number of hydrogen-bond donors (Lipinski definition) is 1. The van der Waals surface area contributed by atoms with Gasteiger partial charge in [-0.25, -0.2) is 10.4 Å². The maximum absolute atomic E-state index is 12.1. The lowest BCUT2D eigenvalue weighted by Gasteiger charge is -2.08. The Kier molecular flexibility index (Phi) is 8.74. The Labute approximate surface area is 197 Å². The summed E-state index contributed by atoms with van der Waals surface area (Å²) in [6.45, 7) is 2.67. The Bertz CT molecular complexity index is 1030. The van der Waals surface area contributed by atoms with E-state index >= 15 is 0 Å². The lowest BCUT2D eigenvalue weighted by atomic mass is 10.2. The van der Waals surface area contributed by atoms with Gasteiger partial charge in [0.05, 0.1) is 24.3 Å². The fourth-order valence-electron chi connectivity index (χ4n) is 2.37. The van der Waals surface area contributed by atoms with Crippen LogP contribution in [0.2, 0.25) is 5.02 Å². The van der Waals surface area contributed by atoms with Crippen molar-refractivity contribution in [2.24, 2.45) is 5.10 Å². The van der Waals surface area contributed by atoms with E-state index < -0.39 is 0 Å². The highest BCUT2D eigenvalue weighted by molar-refractivity contribution is 9.10. The van der Waals surface area contributed by atoms with Gasteiger partial charge >= 0.3 is 0 Å². The number of thioether (sulfide) groups is 1. The second-order valence-electron chi connectivity index (χ2n) is 6.12. The van der Waals surface area contributed by atoms with E-state index in [0.29, 0.717) is 11.6 Å². The Morgan fingerprint density at radius 2 is 2.13 bits per heavy atom. The maximum Gasteiger partial charge on any atom is 0.250 e. The van der Waals surface area contributed by atoms with Gasteiger partial charge in [0, 0.05) is 26.0 Å². The van der Waals surface area contributed by atoms with Crippen LogP contribution in [0.25, 0.3) is 11.3 Å². The minimum Gasteiger partial charge on any atom is -0.493 e. The summed E-state index contributed by atoms with van der Waals surface area (Å²) in [6, 6.07) is 13.2. The Morgan fingerprint density at radius 1 is 1.33 bits per heavy atom. The van der Waals surface area contributed by atoms with Crippen LogP contribution in [-0.4, -0.2) is 29.5 Å². The Morgan fingerprint density at radius 3 is 2.90 bits per heavy atom. The summed E-state index contributed by atoms with van der Waals surface area (Å²) in [5, 5.41) is 6.71. The minimum absolute atomic E-state index is 0.203. The molecule has 3 rings (SSSR count). The molecule has 0 spiro atoms. The maximum atomic E-state index is 12.1. The molecule has 0 saturated heterocycles. The number of nitrogens with one attached hydrogen (secondary N) is 1. The monoisotopic (exact) mass is 523 g/mol. The van der Waals surface area contributed by atoms with Gasteiger partial charge in [0.2, 0.25) is 0 Å². The molecule has 1 aromatic heterocycles. The number of hydrazone groups is 1. The largest absolute Gasteiger partial charge is 0.493 e. The van der Waals surface area contributed by atoms with E-state index in [1.54, 1.807) is 6.21 Å². The number of ether oxygens (including phenoxy) is 1. The van der Waals surface area contributed by atoms with Gasteiger partial charge in [0.15, 0.2) is 4.34 Å². The fourth-order valence-corrected chi connectivity index (χ4v) is 4.51. The highest BCUT2D eigenvalue weighted by Gasteiger charge is 2.08. The molecule has 0 aliphatic carbocycles. The second-order valence-corrected chi connectivity index (χ2v) is 9.55. The van der Waals surface area contributed by atoms with Gasteiger partial charge in [-0.15, -0.1) is 11.3 Å². The SMILES string of the molecule is CCCOc1ccc(Br)cc1/C=N/NC(=O)CSc1nc(-c2ccc(Cl)cc2)cs1. The van der Waals surface area contributed by atoms with Crippen molar-refractivity contribution >= 4 is 62.8 Å². The number of aromatic nitrogens is 1. The molecule has 1 N–H and O–H groups in total. The average Bonchev–Trinajstić information content (AvgIpc) is 3.21. The molecule has 3 aromatic rings. The van der Waals surface area contributed by atoms with Crippen LogP contribution in [0.1, 0.15) is 18.9 Å². The van der Waals surface area contributed by atoms with Crippen LogP contribution >= 0.6 is 50.6 Å². The van der Waals surface area contributed by atoms with Crippen LogP contribution in [0.15, 0.2) is 61.8 Å². The lowest BCUT2D eigenvalue weighted by molar-refractivity contribution is -0.118. The normalized spacial score (nSPS) is 11.0. The molecule has 9 heteroatoms. The Balaban J connectivity index is 1.52. The standard InChI is InChI=1S/C21H19BrClN3O2S2/c1-2-9-28-19-8-5-16(22)10-15(19)11-24-26-20(27)13-30-21-25-18(12-29-21)14-3-6-17(23)7-4-14/h3-8,10-12H,2,9,13H2,1H3,(H,26,27)/b24-11+. The summed E-state index contributed by atoms with van der Waals surface area (Å²) in [5.74, 6) is 0.748. The molecule has 0 aliphatic rings. The van der Waals surface area contributed by atoms with E-state index in [0.717, 1.165) is 37.8 Å². The number of carbonyl (C=O) groups is 1. The highest BCUT2D eigenvalue weighted by Crippen LogP contribution is 2.28. The molecule has 0 fully saturated rings. The first kappa shape index (κ1) is 22.8. The zero-order valence-electron chi connectivity index (χ0n) is 16.1. The van der Waals surface area contributed by atoms with E-state index in [9.17, 15) is 4.79 Å². The summed E-state index contributed by atoms with van der Waals surface area (Å²) in [7, 11) is 0. The molecule has 0 radical (unpaired) electrons. The molecule has 0 atom stereocenters. The number of nitrogens with zero attached hydrogens (tertiary/aromatic N) is 2. The molecule has 0 unspecified atom stereocenters. The number of benzene rings is 2. The highest BCUT2D eigenvalue weighted by atomic mass is 79.9. The number of hydrogen-bond acceptors (Lipinski definition) is 6. The quantitative estimate of drug-likeness (QED) is 0.204. The zero-order chi connectivity index (χ0) is 21.3. The molecule has 30 heavy (non-hydrogen) atoms. The third-order valence-corrected chi connectivity index (χ3v) is 6.54. The molecule has 156 valence electrons. The third kappa shape index (κ3) is 6.84. The van der Waals surface area contributed by atoms with Crippen LogP contribution in [0.4, 0.5) is 0 Å². The predicted molar refractivity (Wildman–Crippen MR) is 129 cm³/mol. The van der Waals surface area contributed by atoms with Gasteiger partial charge in [-0.1, -0.05) is 58.3 Å². The van der Waals surface area contributed by atoms with Crippen molar-refractivity contribution in [1.82, 2.24) is 10.4 Å². The number of amides is 1. The minimum atomic E-state index is -0.203. The molecule has 0 aliphatic heterocycles. The first-order valence-corrected chi connectivity index (χ1v) is 12.2. The first-order valence-electron chi connectivity index (χ1n) is 9.13. The number of rotatable bonds is 9. The van der Waals surface area contributed by atoms with Crippen LogP contribution in [0, 0.1) is 0 Å². The first-order chi connectivity index (χ1) is 14.5. The van der Waals surface area contributed by atoms with Gasteiger partial charge in [0.1, 0.15) is 5.75 Å². The zero-order valence-corrected chi connectivity index (χ0v) is 20.1. The van der Waals surface area contributed by atoms with Crippen molar-refractivity contribution < 1.29 is 9.53 Å². The van der Waals surface area contributed by atoms with E-state index in [2.05, 4.69) is 31.4 Å². The van der Waals surface area contributed by atoms with Crippen molar-refractivity contribution in [2.75, 3.05) is 12.4 Å². The Hall–Kier alpha value is -1.87. The van der Waals surface area contributed by atoms with E-state index in [1.165, 1.54) is 23.1 Å². The predicted octanol–water partition coefficient (Wildman–Crippen LogP) is 6.26. The second kappa shape index (κ2) is 11.5. The molecule has 0 bridgehead atoms. The van der Waals surface area contributed by atoms with Crippen LogP contribution in [-0.2, 0) is 4.79 Å². The summed E-state index contributed by atoms with van der Waals surface area (Å²) in [5.41, 5.74) is 5.20. The van der Waals surface area contributed by atoms with Crippen molar-refractivity contribution in [3.63, 3.8) is 0 Å². The molecule has 0 saturated carbocycles. The average molecular weight is 525 g/mol. The molecular formula is C21H19BrClN3O2S2. The number of thiazole rings is 1. The van der Waals surface area contributed by atoms with Gasteiger partial charge in [0.25, 0.3) is 5.91 Å². The van der Waals surface area contributed by atoms with Gasteiger partial charge in [-0.3, -0.25) is 4.79 Å². The number of carbonyl (C=O) groups excluding carboxylic acids is 1. The van der Waals surface area contributed by atoms with Crippen LogP contribution in [0.3, 0.4) is 0 Å². The molecule has 5 nitrogen and oxygen atoms in total. The van der Waals surface area contributed by atoms with Crippen molar-refractivity contribution in [3.05, 3.63) is 62.9 Å². The van der Waals surface area contributed by atoms with Gasteiger partial charge in [-0.05, 0) is 36.8 Å².